The number of aromatic nitrogens is 1. The van der Waals surface area contributed by atoms with Crippen LogP contribution in [0.5, 0.6) is 0 Å². The Hall–Kier alpha value is -0.600. The second-order valence-corrected chi connectivity index (χ2v) is 3.85. The van der Waals surface area contributed by atoms with E-state index >= 15 is 0 Å². The second kappa shape index (κ2) is 5.32. The summed E-state index contributed by atoms with van der Waals surface area (Å²) in [5.74, 6) is 0.697. The first-order chi connectivity index (χ1) is 6.38. The maximum absolute atomic E-state index is 6.17. The van der Waals surface area contributed by atoms with Gasteiger partial charge in [0, 0.05) is 18.4 Å². The highest BCUT2D eigenvalue weighted by atomic mass is 35.5. The van der Waals surface area contributed by atoms with E-state index in [4.69, 9.17) is 5.73 Å². The summed E-state index contributed by atoms with van der Waals surface area (Å²) >= 11 is 0. The van der Waals surface area contributed by atoms with Crippen LogP contribution in [0.15, 0.2) is 24.5 Å². The summed E-state index contributed by atoms with van der Waals surface area (Å²) in [5.41, 5.74) is 7.41. The number of nitrogens with zero attached hydrogens (tertiary/aromatic N) is 1. The Balaban J connectivity index is 0.000000980. The fraction of sp³-hybridized carbons (Fsp3) is 0.545. The Bertz CT molecular complexity index is 257. The van der Waals surface area contributed by atoms with Gasteiger partial charge in [0.05, 0.1) is 0 Å². The molecule has 0 aliphatic heterocycles. The van der Waals surface area contributed by atoms with Crippen molar-refractivity contribution < 1.29 is 0 Å². The van der Waals surface area contributed by atoms with E-state index in [1.54, 1.807) is 0 Å². The normalized spacial score (nSPS) is 18.9. The van der Waals surface area contributed by atoms with Gasteiger partial charge in [0.25, 0.3) is 0 Å². The van der Waals surface area contributed by atoms with E-state index in [0.29, 0.717) is 5.92 Å². The quantitative estimate of drug-likeness (QED) is 0.819. The number of hydrogen-bond acceptors (Lipinski definition) is 2. The minimum atomic E-state index is 0. The van der Waals surface area contributed by atoms with Crippen molar-refractivity contribution in [2.75, 3.05) is 0 Å². The van der Waals surface area contributed by atoms with E-state index in [1.807, 2.05) is 24.5 Å². The molecule has 2 rings (SSSR count). The van der Waals surface area contributed by atoms with Gasteiger partial charge in [-0.1, -0.05) is 12.8 Å². The van der Waals surface area contributed by atoms with Crippen LogP contribution in [0.25, 0.3) is 0 Å². The fourth-order valence-electron chi connectivity index (χ4n) is 2.17. The highest BCUT2D eigenvalue weighted by Gasteiger charge is 2.22. The van der Waals surface area contributed by atoms with Crippen LogP contribution >= 0.6 is 12.4 Å². The molecule has 0 spiro atoms. The molecule has 0 saturated heterocycles. The molecule has 0 aromatic carbocycles. The minimum Gasteiger partial charge on any atom is -0.324 e. The van der Waals surface area contributed by atoms with E-state index < -0.39 is 0 Å². The molecule has 2 N–H and O–H groups in total. The van der Waals surface area contributed by atoms with Gasteiger partial charge in [-0.25, -0.2) is 0 Å². The standard InChI is InChI=1S/C11H16N2.ClH/c12-11(9-3-1-2-4-9)10-5-7-13-8-6-10;/h5-9,11H,1-4,12H2;1H/t11-;/m0./s1. The van der Waals surface area contributed by atoms with E-state index in [9.17, 15) is 0 Å². The monoisotopic (exact) mass is 212 g/mol. The molecule has 3 heteroatoms. The maximum atomic E-state index is 6.17. The lowest BCUT2D eigenvalue weighted by atomic mass is 9.93. The third-order valence-corrected chi connectivity index (χ3v) is 3.00. The van der Waals surface area contributed by atoms with Crippen LogP contribution < -0.4 is 5.73 Å². The number of nitrogens with two attached hydrogens (primary N) is 1. The van der Waals surface area contributed by atoms with Crippen molar-refractivity contribution >= 4 is 12.4 Å². The van der Waals surface area contributed by atoms with Gasteiger partial charge in [0.2, 0.25) is 0 Å². The maximum Gasteiger partial charge on any atom is 0.0324 e. The van der Waals surface area contributed by atoms with Crippen LogP contribution in [0.2, 0.25) is 0 Å². The van der Waals surface area contributed by atoms with Crippen molar-refractivity contribution in [2.24, 2.45) is 11.7 Å². The van der Waals surface area contributed by atoms with Gasteiger partial charge in [-0.15, -0.1) is 12.4 Å². The predicted molar refractivity (Wildman–Crippen MR) is 60.4 cm³/mol. The average Bonchev–Trinajstić information content (AvgIpc) is 2.71. The molecular weight excluding hydrogens is 196 g/mol. The summed E-state index contributed by atoms with van der Waals surface area (Å²) in [6.07, 6.45) is 8.94. The summed E-state index contributed by atoms with van der Waals surface area (Å²) in [5, 5.41) is 0. The summed E-state index contributed by atoms with van der Waals surface area (Å²) in [6.45, 7) is 0. The molecule has 1 aliphatic rings. The van der Waals surface area contributed by atoms with E-state index in [0.717, 1.165) is 0 Å². The first-order valence-corrected chi connectivity index (χ1v) is 5.03. The largest absolute Gasteiger partial charge is 0.324 e. The zero-order valence-corrected chi connectivity index (χ0v) is 9.04. The van der Waals surface area contributed by atoms with Gasteiger partial charge in [-0.2, -0.15) is 0 Å². The van der Waals surface area contributed by atoms with Crippen LogP contribution in [0, 0.1) is 5.92 Å². The molecule has 0 unspecified atom stereocenters. The Labute approximate surface area is 91.3 Å². The Morgan fingerprint density at radius 3 is 2.36 bits per heavy atom. The molecule has 0 radical (unpaired) electrons. The average molecular weight is 213 g/mol. The Morgan fingerprint density at radius 1 is 1.21 bits per heavy atom. The molecule has 1 atom stereocenters. The van der Waals surface area contributed by atoms with Crippen LogP contribution in [-0.4, -0.2) is 4.98 Å². The van der Waals surface area contributed by atoms with E-state index in [1.165, 1.54) is 31.2 Å². The zero-order valence-electron chi connectivity index (χ0n) is 8.23. The first-order valence-electron chi connectivity index (χ1n) is 5.03. The molecule has 78 valence electrons. The molecule has 1 fully saturated rings. The highest BCUT2D eigenvalue weighted by molar-refractivity contribution is 5.85. The lowest BCUT2D eigenvalue weighted by Gasteiger charge is -2.18. The van der Waals surface area contributed by atoms with Crippen molar-refractivity contribution in [1.29, 1.82) is 0 Å². The topological polar surface area (TPSA) is 38.9 Å². The number of rotatable bonds is 2. The SMILES string of the molecule is Cl.N[C@H](c1ccncc1)C1CCCC1. The van der Waals surface area contributed by atoms with Crippen molar-refractivity contribution in [3.8, 4) is 0 Å². The molecule has 2 nitrogen and oxygen atoms in total. The lowest BCUT2D eigenvalue weighted by molar-refractivity contribution is 0.444. The van der Waals surface area contributed by atoms with E-state index in [2.05, 4.69) is 4.98 Å². The number of hydrogen-bond donors (Lipinski definition) is 1. The minimum absolute atomic E-state index is 0. The molecule has 0 bridgehead atoms. The van der Waals surface area contributed by atoms with Gasteiger partial charge >= 0.3 is 0 Å². The van der Waals surface area contributed by atoms with Crippen molar-refractivity contribution in [3.05, 3.63) is 30.1 Å². The third-order valence-electron chi connectivity index (χ3n) is 3.00. The van der Waals surface area contributed by atoms with Gasteiger partial charge in [0.15, 0.2) is 0 Å². The van der Waals surface area contributed by atoms with Gasteiger partial charge in [-0.05, 0) is 36.5 Å². The fourth-order valence-corrected chi connectivity index (χ4v) is 2.17. The summed E-state index contributed by atoms with van der Waals surface area (Å²) in [7, 11) is 0. The first kappa shape index (κ1) is 11.5. The lowest BCUT2D eigenvalue weighted by Crippen LogP contribution is -2.18. The molecule has 0 amide bonds. The van der Waals surface area contributed by atoms with Gasteiger partial charge < -0.3 is 5.73 Å². The summed E-state index contributed by atoms with van der Waals surface area (Å²) in [4.78, 5) is 4.00. The molecule has 1 aromatic heterocycles. The Kier molecular flexibility index (Phi) is 4.36. The summed E-state index contributed by atoms with van der Waals surface area (Å²) in [6, 6.07) is 4.29. The molecule has 1 aliphatic carbocycles. The molecular formula is C11H17ClN2. The predicted octanol–water partition coefficient (Wildman–Crippen LogP) is 2.69. The van der Waals surface area contributed by atoms with Crippen LogP contribution in [0.3, 0.4) is 0 Å². The third kappa shape index (κ3) is 2.46. The van der Waals surface area contributed by atoms with Gasteiger partial charge in [-0.3, -0.25) is 4.98 Å². The van der Waals surface area contributed by atoms with Crippen LogP contribution in [0.4, 0.5) is 0 Å². The second-order valence-electron chi connectivity index (χ2n) is 3.85. The smallest absolute Gasteiger partial charge is 0.0324 e. The van der Waals surface area contributed by atoms with Crippen molar-refractivity contribution in [1.82, 2.24) is 4.98 Å². The number of halogens is 1. The molecule has 14 heavy (non-hydrogen) atoms. The van der Waals surface area contributed by atoms with Crippen molar-refractivity contribution in [3.63, 3.8) is 0 Å². The van der Waals surface area contributed by atoms with E-state index in [-0.39, 0.29) is 18.4 Å². The molecule has 1 heterocycles. The zero-order chi connectivity index (χ0) is 9.10. The van der Waals surface area contributed by atoms with Crippen molar-refractivity contribution in [2.45, 2.75) is 31.7 Å². The Morgan fingerprint density at radius 2 is 1.79 bits per heavy atom. The highest BCUT2D eigenvalue weighted by Crippen LogP contribution is 2.33. The van der Waals surface area contributed by atoms with Crippen LogP contribution in [0.1, 0.15) is 37.3 Å². The van der Waals surface area contributed by atoms with Crippen LogP contribution in [-0.2, 0) is 0 Å². The summed E-state index contributed by atoms with van der Waals surface area (Å²) < 4.78 is 0. The molecule has 1 aromatic rings. The number of pyridine rings is 1. The van der Waals surface area contributed by atoms with Gasteiger partial charge in [0.1, 0.15) is 0 Å². The molecule has 1 saturated carbocycles.